The number of rotatable bonds is 5. The molecular formula is C12H20BrClN2. The van der Waals surface area contributed by atoms with Crippen molar-refractivity contribution in [2.24, 2.45) is 5.41 Å². The van der Waals surface area contributed by atoms with Crippen LogP contribution in [0.15, 0.2) is 4.47 Å². The minimum atomic E-state index is 0.113. The van der Waals surface area contributed by atoms with Crippen LogP contribution in [0, 0.1) is 5.41 Å². The lowest BCUT2D eigenvalue weighted by Crippen LogP contribution is -2.19. The number of aromatic nitrogens is 2. The van der Waals surface area contributed by atoms with Crippen molar-refractivity contribution in [1.82, 2.24) is 9.78 Å². The van der Waals surface area contributed by atoms with Gasteiger partial charge in [0.1, 0.15) is 0 Å². The zero-order valence-electron chi connectivity index (χ0n) is 10.5. The number of hydrogen-bond donors (Lipinski definition) is 0. The zero-order chi connectivity index (χ0) is 12.3. The minimum Gasteiger partial charge on any atom is -0.268 e. The maximum Gasteiger partial charge on any atom is 0.0766 e. The lowest BCUT2D eigenvalue weighted by atomic mass is 9.90. The van der Waals surface area contributed by atoms with Gasteiger partial charge >= 0.3 is 0 Å². The topological polar surface area (TPSA) is 17.8 Å². The quantitative estimate of drug-likeness (QED) is 0.751. The predicted molar refractivity (Wildman–Crippen MR) is 73.2 cm³/mol. The Labute approximate surface area is 111 Å². The van der Waals surface area contributed by atoms with Crippen LogP contribution in [0.1, 0.15) is 39.1 Å². The van der Waals surface area contributed by atoms with E-state index >= 15 is 0 Å². The molecule has 1 heterocycles. The molecule has 1 rings (SSSR count). The second-order valence-electron chi connectivity index (χ2n) is 4.85. The Morgan fingerprint density at radius 2 is 2.00 bits per heavy atom. The fourth-order valence-corrected chi connectivity index (χ4v) is 2.49. The summed E-state index contributed by atoms with van der Waals surface area (Å²) in [5.41, 5.74) is 2.52. The van der Waals surface area contributed by atoms with Gasteiger partial charge in [0.15, 0.2) is 0 Å². The van der Waals surface area contributed by atoms with Crippen LogP contribution in [-0.4, -0.2) is 15.7 Å². The monoisotopic (exact) mass is 306 g/mol. The van der Waals surface area contributed by atoms with E-state index < -0.39 is 0 Å². The second-order valence-corrected chi connectivity index (χ2v) is 5.91. The summed E-state index contributed by atoms with van der Waals surface area (Å²) in [6.07, 6.45) is 1.92. The van der Waals surface area contributed by atoms with Crippen LogP contribution in [0.2, 0.25) is 0 Å². The Hall–Kier alpha value is -0.0200. The molecule has 0 unspecified atom stereocenters. The highest BCUT2D eigenvalue weighted by Crippen LogP contribution is 2.30. The van der Waals surface area contributed by atoms with Gasteiger partial charge in [-0.3, -0.25) is 4.68 Å². The molecule has 1 aromatic rings. The zero-order valence-corrected chi connectivity index (χ0v) is 12.8. The smallest absolute Gasteiger partial charge is 0.0766 e. The van der Waals surface area contributed by atoms with Crippen molar-refractivity contribution < 1.29 is 0 Å². The maximum atomic E-state index is 5.99. The van der Waals surface area contributed by atoms with Crippen molar-refractivity contribution in [2.45, 2.75) is 47.1 Å². The van der Waals surface area contributed by atoms with Gasteiger partial charge in [0.05, 0.1) is 15.9 Å². The number of alkyl halides is 1. The van der Waals surface area contributed by atoms with Crippen molar-refractivity contribution in [2.75, 3.05) is 5.88 Å². The first kappa shape index (κ1) is 14.0. The summed E-state index contributed by atoms with van der Waals surface area (Å²) in [7, 11) is 0. The van der Waals surface area contributed by atoms with Gasteiger partial charge in [-0.15, -0.1) is 11.6 Å². The third-order valence-electron chi connectivity index (χ3n) is 2.70. The Kier molecular flexibility index (Phi) is 4.87. The van der Waals surface area contributed by atoms with E-state index in [1.165, 1.54) is 5.69 Å². The van der Waals surface area contributed by atoms with E-state index in [4.69, 9.17) is 11.6 Å². The SMILES string of the molecule is CCc1nn(CC)c(CC(C)(C)CCl)c1Br. The molecule has 0 radical (unpaired) electrons. The first-order valence-corrected chi connectivity index (χ1v) is 7.08. The van der Waals surface area contributed by atoms with Gasteiger partial charge in [-0.25, -0.2) is 0 Å². The Bertz CT molecular complexity index is 358. The van der Waals surface area contributed by atoms with Gasteiger partial charge in [-0.2, -0.15) is 5.10 Å². The molecule has 0 amide bonds. The first-order valence-electron chi connectivity index (χ1n) is 5.75. The number of halogens is 2. The van der Waals surface area contributed by atoms with Gasteiger partial charge in [0, 0.05) is 12.4 Å². The fraction of sp³-hybridized carbons (Fsp3) is 0.750. The van der Waals surface area contributed by atoms with E-state index in [9.17, 15) is 0 Å². The van der Waals surface area contributed by atoms with E-state index in [2.05, 4.69) is 53.4 Å². The van der Waals surface area contributed by atoms with Crippen molar-refractivity contribution in [1.29, 1.82) is 0 Å². The summed E-state index contributed by atoms with van der Waals surface area (Å²) in [5.74, 6) is 0.662. The van der Waals surface area contributed by atoms with E-state index in [1.807, 2.05) is 0 Å². The molecule has 0 aliphatic carbocycles. The van der Waals surface area contributed by atoms with Crippen molar-refractivity contribution in [3.63, 3.8) is 0 Å². The van der Waals surface area contributed by atoms with Gasteiger partial charge < -0.3 is 0 Å². The predicted octanol–water partition coefficient (Wildman–Crippen LogP) is 4.04. The fourth-order valence-electron chi connectivity index (χ4n) is 1.69. The summed E-state index contributed by atoms with van der Waals surface area (Å²) in [6.45, 7) is 9.53. The highest BCUT2D eigenvalue weighted by Gasteiger charge is 2.23. The summed E-state index contributed by atoms with van der Waals surface area (Å²) >= 11 is 9.65. The Balaban J connectivity index is 3.06. The maximum absolute atomic E-state index is 5.99. The molecule has 1 aromatic heterocycles. The molecule has 2 nitrogen and oxygen atoms in total. The van der Waals surface area contributed by atoms with Crippen molar-refractivity contribution in [3.05, 3.63) is 15.9 Å². The molecule has 0 aromatic carbocycles. The Morgan fingerprint density at radius 3 is 2.44 bits per heavy atom. The second kappa shape index (κ2) is 5.54. The van der Waals surface area contributed by atoms with Gasteiger partial charge in [0.2, 0.25) is 0 Å². The molecule has 4 heteroatoms. The summed E-state index contributed by atoms with van der Waals surface area (Å²) in [4.78, 5) is 0. The molecule has 0 aliphatic heterocycles. The number of nitrogens with zero attached hydrogens (tertiary/aromatic N) is 2. The molecule has 16 heavy (non-hydrogen) atoms. The molecule has 92 valence electrons. The van der Waals surface area contributed by atoms with Gasteiger partial charge in [-0.1, -0.05) is 20.8 Å². The number of hydrogen-bond acceptors (Lipinski definition) is 1. The molecule has 0 aliphatic rings. The number of aryl methyl sites for hydroxylation is 2. The largest absolute Gasteiger partial charge is 0.268 e. The summed E-state index contributed by atoms with van der Waals surface area (Å²) < 4.78 is 3.24. The van der Waals surface area contributed by atoms with Crippen LogP contribution in [0.5, 0.6) is 0 Å². The highest BCUT2D eigenvalue weighted by atomic mass is 79.9. The average Bonchev–Trinajstić information content (AvgIpc) is 2.55. The first-order chi connectivity index (χ1) is 7.45. The van der Waals surface area contributed by atoms with Crippen LogP contribution in [0.3, 0.4) is 0 Å². The molecule has 0 N–H and O–H groups in total. The normalized spacial score (nSPS) is 12.1. The van der Waals surface area contributed by atoms with Crippen molar-refractivity contribution >= 4 is 27.5 Å². The molecule has 0 fully saturated rings. The third-order valence-corrected chi connectivity index (χ3v) is 4.34. The average molecular weight is 308 g/mol. The molecule has 0 saturated carbocycles. The highest BCUT2D eigenvalue weighted by molar-refractivity contribution is 9.10. The van der Waals surface area contributed by atoms with Crippen LogP contribution in [-0.2, 0) is 19.4 Å². The Morgan fingerprint density at radius 1 is 1.38 bits per heavy atom. The molecular weight excluding hydrogens is 288 g/mol. The molecule has 0 atom stereocenters. The van der Waals surface area contributed by atoms with E-state index in [0.29, 0.717) is 5.88 Å². The van der Waals surface area contributed by atoms with E-state index in [1.54, 1.807) is 0 Å². The van der Waals surface area contributed by atoms with E-state index in [-0.39, 0.29) is 5.41 Å². The lowest BCUT2D eigenvalue weighted by Gasteiger charge is -2.21. The third kappa shape index (κ3) is 3.01. The lowest BCUT2D eigenvalue weighted by molar-refractivity contribution is 0.399. The molecule has 0 bridgehead atoms. The molecule has 0 spiro atoms. The van der Waals surface area contributed by atoms with Crippen LogP contribution < -0.4 is 0 Å². The van der Waals surface area contributed by atoms with Gasteiger partial charge in [-0.05, 0) is 41.1 Å². The van der Waals surface area contributed by atoms with E-state index in [0.717, 1.165) is 29.6 Å². The van der Waals surface area contributed by atoms with Crippen LogP contribution in [0.25, 0.3) is 0 Å². The summed E-state index contributed by atoms with van der Waals surface area (Å²) in [5, 5.41) is 4.59. The summed E-state index contributed by atoms with van der Waals surface area (Å²) in [6, 6.07) is 0. The molecule has 0 saturated heterocycles. The van der Waals surface area contributed by atoms with Crippen molar-refractivity contribution in [3.8, 4) is 0 Å². The minimum absolute atomic E-state index is 0.113. The van der Waals surface area contributed by atoms with Gasteiger partial charge in [0.25, 0.3) is 0 Å². The standard InChI is InChI=1S/C12H20BrClN2/c1-5-9-11(13)10(16(6-2)15-9)7-12(3,4)8-14/h5-8H2,1-4H3. The van der Waals surface area contributed by atoms with Crippen LogP contribution >= 0.6 is 27.5 Å². The van der Waals surface area contributed by atoms with Crippen LogP contribution in [0.4, 0.5) is 0 Å².